The molecule has 0 radical (unpaired) electrons. The Balaban J connectivity index is 1.41. The summed E-state index contributed by atoms with van der Waals surface area (Å²) in [5.74, 6) is 1.98. The summed E-state index contributed by atoms with van der Waals surface area (Å²) in [5, 5.41) is 4.19. The molecule has 0 aliphatic carbocycles. The smallest absolute Gasteiger partial charge is 0.318 e. The number of terminal acetylenes is 1. The zero-order chi connectivity index (χ0) is 36.4. The summed E-state index contributed by atoms with van der Waals surface area (Å²) >= 11 is 0. The van der Waals surface area contributed by atoms with Crippen molar-refractivity contribution in [2.24, 2.45) is 5.92 Å². The molecule has 3 aromatic rings. The fourth-order valence-electron chi connectivity index (χ4n) is 7.22. The fourth-order valence-corrected chi connectivity index (χ4v) is 7.22. The molecule has 0 saturated carbocycles. The number of aromatic nitrogens is 2. The zero-order valence-corrected chi connectivity index (χ0v) is 29.6. The van der Waals surface area contributed by atoms with Gasteiger partial charge in [-0.15, -0.1) is 6.42 Å². The Hall–Kier alpha value is -4.76. The minimum absolute atomic E-state index is 0.111. The Morgan fingerprint density at radius 3 is 2.76 bits per heavy atom. The van der Waals surface area contributed by atoms with Crippen molar-refractivity contribution in [3.05, 3.63) is 59.6 Å². The molecular formula is C39H45F2N5O5. The number of amides is 1. The number of hydrogen-bond donors (Lipinski definition) is 1. The van der Waals surface area contributed by atoms with E-state index in [2.05, 4.69) is 22.7 Å². The summed E-state index contributed by atoms with van der Waals surface area (Å²) in [7, 11) is 1.87. The number of carbonyl (C=O) groups excluding carboxylic acids is 2. The Labute approximate surface area is 297 Å². The normalized spacial score (nSPS) is 23.6. The Morgan fingerprint density at radius 1 is 1.25 bits per heavy atom. The molecule has 6 rings (SSSR count). The van der Waals surface area contributed by atoms with Crippen LogP contribution in [-0.4, -0.2) is 84.4 Å². The molecule has 1 aromatic heterocycles. The van der Waals surface area contributed by atoms with E-state index in [0.29, 0.717) is 71.8 Å². The number of carbonyl (C=O) groups is 2. The van der Waals surface area contributed by atoms with Crippen LogP contribution >= 0.6 is 0 Å². The monoisotopic (exact) mass is 701 g/mol. The molecule has 2 saturated heterocycles. The number of halogens is 2. The molecular weight excluding hydrogens is 656 g/mol. The Bertz CT molecular complexity index is 1880. The van der Waals surface area contributed by atoms with Crippen molar-refractivity contribution in [1.82, 2.24) is 20.2 Å². The molecule has 270 valence electrons. The molecule has 2 fully saturated rings. The number of nitrogens with one attached hydrogen (secondary N) is 1. The molecule has 1 amide bonds. The van der Waals surface area contributed by atoms with Crippen molar-refractivity contribution in [3.63, 3.8) is 0 Å². The van der Waals surface area contributed by atoms with Crippen LogP contribution < -0.4 is 24.4 Å². The number of likely N-dealkylation sites (N-methyl/N-ethyl adjacent to an activating group) is 1. The van der Waals surface area contributed by atoms with Crippen molar-refractivity contribution in [1.29, 1.82) is 0 Å². The van der Waals surface area contributed by atoms with Gasteiger partial charge in [-0.3, -0.25) is 14.5 Å². The van der Waals surface area contributed by atoms with Crippen molar-refractivity contribution < 1.29 is 32.6 Å². The van der Waals surface area contributed by atoms with Crippen LogP contribution in [0.2, 0.25) is 0 Å². The number of nitrogens with zero attached hydrogens (tertiary/aromatic N) is 4. The average molecular weight is 702 g/mol. The molecule has 4 heterocycles. The highest BCUT2D eigenvalue weighted by molar-refractivity contribution is 5.93. The van der Waals surface area contributed by atoms with Gasteiger partial charge in [0.2, 0.25) is 5.91 Å². The number of rotatable bonds is 9. The van der Waals surface area contributed by atoms with Crippen LogP contribution in [0.15, 0.2) is 36.9 Å². The lowest BCUT2D eigenvalue weighted by molar-refractivity contribution is -0.137. The molecule has 3 aliphatic rings. The van der Waals surface area contributed by atoms with Gasteiger partial charge in [-0.2, -0.15) is 9.97 Å². The first kappa shape index (κ1) is 36.0. The van der Waals surface area contributed by atoms with E-state index in [1.54, 1.807) is 32.0 Å². The molecule has 10 nitrogen and oxygen atoms in total. The van der Waals surface area contributed by atoms with E-state index in [1.165, 1.54) is 12.1 Å². The molecule has 12 heteroatoms. The molecule has 0 spiro atoms. The van der Waals surface area contributed by atoms with Crippen LogP contribution in [0.3, 0.4) is 0 Å². The Morgan fingerprint density at radius 2 is 2.06 bits per heavy atom. The van der Waals surface area contributed by atoms with Gasteiger partial charge in [0.05, 0.1) is 29.3 Å². The highest BCUT2D eigenvalue weighted by atomic mass is 19.1. The largest absolute Gasteiger partial charge is 0.487 e. The molecule has 1 unspecified atom stereocenters. The van der Waals surface area contributed by atoms with E-state index in [1.807, 2.05) is 18.9 Å². The maximum Gasteiger partial charge on any atom is 0.318 e. The second-order valence-electron chi connectivity index (χ2n) is 14.4. The van der Waals surface area contributed by atoms with Gasteiger partial charge in [0.1, 0.15) is 24.3 Å². The maximum atomic E-state index is 15.1. The number of anilines is 1. The SMILES string of the molecule is C#Cc1c(F)ccc2cc(OC(=O)C(C)C)cc([C@H]3COc4c(nc(OC[C@]5(C)C[C@@H](F)CN5C)nc4N4CCCCC(NC(=O)C=C)C4)C3)c12. The second kappa shape index (κ2) is 14.8. The number of ether oxygens (including phenoxy) is 3. The van der Waals surface area contributed by atoms with Crippen LogP contribution in [0.4, 0.5) is 14.6 Å². The quantitative estimate of drug-likeness (QED) is 0.134. The summed E-state index contributed by atoms with van der Waals surface area (Å²) in [6.07, 6.45) is 9.40. The van der Waals surface area contributed by atoms with Gasteiger partial charge >= 0.3 is 12.0 Å². The van der Waals surface area contributed by atoms with E-state index < -0.39 is 23.5 Å². The number of hydrogen-bond acceptors (Lipinski definition) is 9. The molecule has 1 N–H and O–H groups in total. The zero-order valence-electron chi connectivity index (χ0n) is 29.6. The fraction of sp³-hybridized carbons (Fsp3) is 0.487. The van der Waals surface area contributed by atoms with Crippen molar-refractivity contribution in [2.45, 2.75) is 76.5 Å². The van der Waals surface area contributed by atoms with Gasteiger partial charge < -0.3 is 24.4 Å². The average Bonchev–Trinajstić information content (AvgIpc) is 3.23. The van der Waals surface area contributed by atoms with E-state index >= 15 is 4.39 Å². The summed E-state index contributed by atoms with van der Waals surface area (Å²) in [6.45, 7) is 10.9. The highest BCUT2D eigenvalue weighted by Crippen LogP contribution is 2.43. The lowest BCUT2D eigenvalue weighted by Gasteiger charge is -2.33. The second-order valence-corrected chi connectivity index (χ2v) is 14.4. The van der Waals surface area contributed by atoms with Gasteiger partial charge in [-0.05, 0) is 68.5 Å². The number of esters is 1. The van der Waals surface area contributed by atoms with Crippen molar-refractivity contribution in [2.75, 3.05) is 44.8 Å². The van der Waals surface area contributed by atoms with Crippen molar-refractivity contribution in [3.8, 4) is 29.9 Å². The number of benzene rings is 2. The molecule has 0 bridgehead atoms. The molecule has 4 atom stereocenters. The van der Waals surface area contributed by atoms with Crippen LogP contribution in [0.1, 0.15) is 69.2 Å². The van der Waals surface area contributed by atoms with Crippen LogP contribution in [0, 0.1) is 24.1 Å². The minimum atomic E-state index is -0.958. The van der Waals surface area contributed by atoms with Gasteiger partial charge in [-0.25, -0.2) is 8.78 Å². The van der Waals surface area contributed by atoms with Crippen LogP contribution in [0.5, 0.6) is 17.5 Å². The maximum absolute atomic E-state index is 15.1. The lowest BCUT2D eigenvalue weighted by atomic mass is 9.86. The van der Waals surface area contributed by atoms with E-state index in [9.17, 15) is 14.0 Å². The third kappa shape index (κ3) is 7.64. The number of fused-ring (bicyclic) bond motifs is 2. The predicted molar refractivity (Wildman–Crippen MR) is 191 cm³/mol. The minimum Gasteiger partial charge on any atom is -0.487 e. The standard InChI is InChI=1S/C39H45F2N5O5/c1-7-29-31(41)13-12-24-15-28(51-37(48)23(3)4)17-30(34(24)29)25-16-32-35(49-21-25)36(46-14-10-9-11-27(20-46)42-33(47)8-2)44-38(43-32)50-22-39(5)18-26(40)19-45(39)6/h1,8,12-13,15,17,23,25-27H,2,9-11,14,16,18-22H2,3-6H3,(H,42,47)/t25-,26-,27?,39+/m1/s1. The first-order chi connectivity index (χ1) is 24.4. The van der Waals surface area contributed by atoms with Gasteiger partial charge in [0, 0.05) is 49.8 Å². The summed E-state index contributed by atoms with van der Waals surface area (Å²) in [6, 6.07) is 6.33. The molecule has 3 aliphatic heterocycles. The predicted octanol–water partition coefficient (Wildman–Crippen LogP) is 5.50. The number of likely N-dealkylation sites (tertiary alicyclic amines) is 1. The third-order valence-corrected chi connectivity index (χ3v) is 10.2. The summed E-state index contributed by atoms with van der Waals surface area (Å²) < 4.78 is 48.0. The van der Waals surface area contributed by atoms with Crippen molar-refractivity contribution >= 4 is 28.5 Å². The van der Waals surface area contributed by atoms with E-state index in [-0.39, 0.29) is 48.6 Å². The summed E-state index contributed by atoms with van der Waals surface area (Å²) in [5.41, 5.74) is 0.797. The molecule has 2 aromatic carbocycles. The van der Waals surface area contributed by atoms with Crippen LogP contribution in [-0.2, 0) is 16.0 Å². The lowest BCUT2D eigenvalue weighted by Crippen LogP contribution is -2.44. The van der Waals surface area contributed by atoms with Gasteiger partial charge in [0.15, 0.2) is 11.6 Å². The van der Waals surface area contributed by atoms with Gasteiger partial charge in [-0.1, -0.05) is 32.4 Å². The summed E-state index contributed by atoms with van der Waals surface area (Å²) in [4.78, 5) is 38.6. The number of alkyl halides is 1. The van der Waals surface area contributed by atoms with E-state index in [0.717, 1.165) is 19.3 Å². The first-order valence-electron chi connectivity index (χ1n) is 17.5. The highest BCUT2D eigenvalue weighted by Gasteiger charge is 2.41. The molecule has 51 heavy (non-hydrogen) atoms. The Kier molecular flexibility index (Phi) is 10.5. The van der Waals surface area contributed by atoms with E-state index in [4.69, 9.17) is 30.6 Å². The third-order valence-electron chi connectivity index (χ3n) is 10.2. The van der Waals surface area contributed by atoms with Crippen LogP contribution in [0.25, 0.3) is 10.8 Å². The topological polar surface area (TPSA) is 106 Å². The van der Waals surface area contributed by atoms with Gasteiger partial charge in [0.25, 0.3) is 0 Å². The first-order valence-corrected chi connectivity index (χ1v) is 17.5.